The predicted octanol–water partition coefficient (Wildman–Crippen LogP) is 5.21. The van der Waals surface area contributed by atoms with Gasteiger partial charge in [0.1, 0.15) is 11.4 Å². The summed E-state index contributed by atoms with van der Waals surface area (Å²) in [6, 6.07) is 12.3. The molecule has 0 aliphatic carbocycles. The Morgan fingerprint density at radius 1 is 1.12 bits per heavy atom. The molecule has 224 valence electrons. The third-order valence-corrected chi connectivity index (χ3v) is 8.41. The summed E-state index contributed by atoms with van der Waals surface area (Å²) in [4.78, 5) is 28.4. The van der Waals surface area contributed by atoms with E-state index in [1.54, 1.807) is 6.07 Å². The Bertz CT molecular complexity index is 1550. The van der Waals surface area contributed by atoms with Crippen LogP contribution in [-0.2, 0) is 24.2 Å². The van der Waals surface area contributed by atoms with Crippen molar-refractivity contribution in [1.82, 2.24) is 34.9 Å². The molecule has 2 aliphatic heterocycles. The van der Waals surface area contributed by atoms with E-state index in [2.05, 4.69) is 91.9 Å². The van der Waals surface area contributed by atoms with Gasteiger partial charge in [-0.2, -0.15) is 5.10 Å². The number of nitrogens with one attached hydrogen (secondary N) is 2. The van der Waals surface area contributed by atoms with Crippen molar-refractivity contribution in [2.75, 3.05) is 27.2 Å². The average molecular weight is 572 g/mol. The fraction of sp³-hybridized carbons (Fsp3) is 0.485. The fourth-order valence-corrected chi connectivity index (χ4v) is 5.92. The number of nitrogens with zero attached hydrogens (tertiary/aromatic N) is 5. The molecule has 9 nitrogen and oxygen atoms in total. The van der Waals surface area contributed by atoms with Crippen LogP contribution in [0, 0.1) is 0 Å². The quantitative estimate of drug-likeness (QED) is 0.294. The number of likely N-dealkylation sites (tertiary alicyclic amines) is 1. The van der Waals surface area contributed by atoms with Crippen LogP contribution in [0.25, 0.3) is 33.5 Å². The van der Waals surface area contributed by atoms with E-state index in [0.717, 1.165) is 70.0 Å². The van der Waals surface area contributed by atoms with Crippen LogP contribution in [0.2, 0.25) is 0 Å². The van der Waals surface area contributed by atoms with Crippen molar-refractivity contribution in [3.63, 3.8) is 0 Å². The van der Waals surface area contributed by atoms with Gasteiger partial charge in [0.25, 0.3) is 0 Å². The lowest BCUT2D eigenvalue weighted by atomic mass is 9.97. The van der Waals surface area contributed by atoms with E-state index in [-0.39, 0.29) is 23.7 Å². The number of hydrogen-bond acceptors (Lipinski definition) is 6. The zero-order chi connectivity index (χ0) is 30.1. The zero-order valence-corrected chi connectivity index (χ0v) is 26.0. The second kappa shape index (κ2) is 12.3. The van der Waals surface area contributed by atoms with E-state index in [4.69, 9.17) is 4.98 Å². The molecule has 4 heterocycles. The molecule has 0 radical (unpaired) electrons. The molecule has 0 spiro atoms. The molecule has 1 amide bonds. The summed E-state index contributed by atoms with van der Waals surface area (Å²) in [7, 11) is 4.14. The highest BCUT2D eigenvalue weighted by atomic mass is 16.3. The lowest BCUT2D eigenvalue weighted by Crippen LogP contribution is -2.64. The molecule has 1 unspecified atom stereocenters. The number of amides is 1. The smallest absolute Gasteiger partial charge is 0.240 e. The average Bonchev–Trinajstić information content (AvgIpc) is 3.54. The van der Waals surface area contributed by atoms with Crippen molar-refractivity contribution in [2.24, 2.45) is 0 Å². The molecule has 3 N–H and O–H groups in total. The van der Waals surface area contributed by atoms with Crippen LogP contribution in [0.1, 0.15) is 58.0 Å². The number of H-pyrrole nitrogens is 2. The van der Waals surface area contributed by atoms with Gasteiger partial charge >= 0.3 is 0 Å². The first-order valence-corrected chi connectivity index (χ1v) is 15.2. The maximum atomic E-state index is 13.5. The van der Waals surface area contributed by atoms with Gasteiger partial charge in [-0.1, -0.05) is 39.3 Å². The van der Waals surface area contributed by atoms with Gasteiger partial charge in [0.15, 0.2) is 5.82 Å². The highest BCUT2D eigenvalue weighted by molar-refractivity contribution is 5.94. The number of rotatable bonds is 6. The van der Waals surface area contributed by atoms with Gasteiger partial charge in [-0.3, -0.25) is 14.8 Å². The number of fused-ring (bicyclic) bond motifs is 2. The standard InChI is InChI=1S/C30H37N7O2.C3H8/c1-6-18-11-21(38)8-10-22(18)19-7-9-23-24(12-19)33-34-28(23)29-31-25-13-27(37(17(2)3)16-26(25)32-29)30(39)36-14-20(15-36)35(4)5;1-3-2/h7-12,17,20,27,38H,6,13-16H2,1-5H3,(H,31,32)(H,33,34);3H2,1-2H3. The summed E-state index contributed by atoms with van der Waals surface area (Å²) in [6.07, 6.45) is 2.68. The van der Waals surface area contributed by atoms with E-state index in [1.165, 1.54) is 6.42 Å². The van der Waals surface area contributed by atoms with Gasteiger partial charge in [0.2, 0.25) is 5.91 Å². The number of imidazole rings is 1. The number of aryl methyl sites for hydroxylation is 1. The Morgan fingerprint density at radius 2 is 1.86 bits per heavy atom. The monoisotopic (exact) mass is 571 g/mol. The molecule has 6 rings (SSSR count). The normalized spacial score (nSPS) is 17.4. The van der Waals surface area contributed by atoms with E-state index in [1.807, 2.05) is 17.0 Å². The van der Waals surface area contributed by atoms with Gasteiger partial charge in [0, 0.05) is 43.5 Å². The number of phenolic OH excluding ortho intramolecular Hbond substituents is 1. The van der Waals surface area contributed by atoms with Crippen molar-refractivity contribution < 1.29 is 9.90 Å². The van der Waals surface area contributed by atoms with E-state index >= 15 is 0 Å². The van der Waals surface area contributed by atoms with Crippen molar-refractivity contribution in [3.05, 3.63) is 53.3 Å². The van der Waals surface area contributed by atoms with Crippen molar-refractivity contribution >= 4 is 16.8 Å². The molecule has 9 heteroatoms. The molecule has 1 saturated heterocycles. The Kier molecular flexibility index (Phi) is 8.70. The molecule has 1 fully saturated rings. The molecule has 2 aromatic carbocycles. The van der Waals surface area contributed by atoms with Crippen molar-refractivity contribution in [2.45, 2.75) is 78.6 Å². The first-order valence-electron chi connectivity index (χ1n) is 15.2. The highest BCUT2D eigenvalue weighted by Gasteiger charge is 2.41. The zero-order valence-electron chi connectivity index (χ0n) is 26.0. The molecule has 0 bridgehead atoms. The molecule has 0 saturated carbocycles. The van der Waals surface area contributed by atoms with Crippen LogP contribution in [0.4, 0.5) is 0 Å². The number of hydrogen-bond donors (Lipinski definition) is 3. The summed E-state index contributed by atoms with van der Waals surface area (Å²) in [5.74, 6) is 1.21. The largest absolute Gasteiger partial charge is 0.508 e. The van der Waals surface area contributed by atoms with E-state index in [0.29, 0.717) is 19.0 Å². The van der Waals surface area contributed by atoms with Crippen LogP contribution in [-0.4, -0.2) is 91.2 Å². The van der Waals surface area contributed by atoms with Crippen molar-refractivity contribution in [3.8, 4) is 28.4 Å². The number of phenols is 1. The molecule has 1 atom stereocenters. The number of carbonyl (C=O) groups excluding carboxylic acids is 1. The minimum atomic E-state index is -0.201. The first kappa shape index (κ1) is 29.8. The Hall–Kier alpha value is -3.69. The molecule has 4 aromatic rings. The van der Waals surface area contributed by atoms with E-state index < -0.39 is 0 Å². The van der Waals surface area contributed by atoms with Crippen molar-refractivity contribution in [1.29, 1.82) is 0 Å². The first-order chi connectivity index (χ1) is 20.1. The van der Waals surface area contributed by atoms with Crippen LogP contribution in [0.5, 0.6) is 5.75 Å². The number of aromatic nitrogens is 4. The minimum Gasteiger partial charge on any atom is -0.508 e. The summed E-state index contributed by atoms with van der Waals surface area (Å²) in [5, 5.41) is 18.7. The molecular formula is C33H45N7O2. The van der Waals surface area contributed by atoms with Gasteiger partial charge in [-0.05, 0) is 75.3 Å². The summed E-state index contributed by atoms with van der Waals surface area (Å²) < 4.78 is 0. The maximum Gasteiger partial charge on any atom is 0.240 e. The van der Waals surface area contributed by atoms with Crippen LogP contribution >= 0.6 is 0 Å². The third kappa shape index (κ3) is 5.68. The maximum absolute atomic E-state index is 13.5. The number of aromatic hydroxyl groups is 1. The summed E-state index contributed by atoms with van der Waals surface area (Å²) >= 11 is 0. The number of likely N-dealkylation sites (N-methyl/N-ethyl adjacent to an activating group) is 1. The number of aromatic amines is 2. The van der Waals surface area contributed by atoms with Crippen LogP contribution < -0.4 is 0 Å². The minimum absolute atomic E-state index is 0.201. The topological polar surface area (TPSA) is 104 Å². The van der Waals surface area contributed by atoms with Gasteiger partial charge in [-0.25, -0.2) is 4.98 Å². The lowest BCUT2D eigenvalue weighted by molar-refractivity contribution is -0.145. The lowest BCUT2D eigenvalue weighted by Gasteiger charge is -2.46. The molecule has 42 heavy (non-hydrogen) atoms. The summed E-state index contributed by atoms with van der Waals surface area (Å²) in [5.41, 5.74) is 6.99. The second-order valence-corrected chi connectivity index (χ2v) is 12.1. The van der Waals surface area contributed by atoms with Crippen LogP contribution in [0.3, 0.4) is 0 Å². The Morgan fingerprint density at radius 3 is 2.52 bits per heavy atom. The Balaban J connectivity index is 0.00000113. The second-order valence-electron chi connectivity index (χ2n) is 12.1. The van der Waals surface area contributed by atoms with E-state index in [9.17, 15) is 9.90 Å². The predicted molar refractivity (Wildman–Crippen MR) is 168 cm³/mol. The van der Waals surface area contributed by atoms with Gasteiger partial charge < -0.3 is 19.9 Å². The summed E-state index contributed by atoms with van der Waals surface area (Å²) in [6.45, 7) is 12.9. The van der Waals surface area contributed by atoms with Crippen LogP contribution in [0.15, 0.2) is 36.4 Å². The van der Waals surface area contributed by atoms with Gasteiger partial charge in [-0.15, -0.1) is 0 Å². The number of carbonyl (C=O) groups is 1. The molecule has 2 aromatic heterocycles. The number of benzene rings is 2. The molecule has 2 aliphatic rings. The molecular weight excluding hydrogens is 526 g/mol. The highest BCUT2D eigenvalue weighted by Crippen LogP contribution is 2.34. The SMILES string of the molecule is CCC.CCc1cc(O)ccc1-c1ccc2c(-c3nc4c([nH]3)CN(C(C)C)C(C(=O)N3CC(N(C)C)C3)C4)n[nH]c2c1. The van der Waals surface area contributed by atoms with Gasteiger partial charge in [0.05, 0.1) is 22.9 Å². The third-order valence-electron chi connectivity index (χ3n) is 8.41. The Labute approximate surface area is 248 Å². The fourth-order valence-electron chi connectivity index (χ4n) is 5.92.